The van der Waals surface area contributed by atoms with Gasteiger partial charge in [0, 0.05) is 44.7 Å². The van der Waals surface area contributed by atoms with Gasteiger partial charge in [-0.3, -0.25) is 14.5 Å². The van der Waals surface area contributed by atoms with Crippen molar-refractivity contribution in [2.24, 2.45) is 7.05 Å². The highest BCUT2D eigenvalue weighted by Gasteiger charge is 2.26. The molecule has 0 aliphatic carbocycles. The number of rotatable bonds is 7. The van der Waals surface area contributed by atoms with Gasteiger partial charge in [0.2, 0.25) is 11.8 Å². The fraction of sp³-hybridized carbons (Fsp3) is 0.526. The summed E-state index contributed by atoms with van der Waals surface area (Å²) in [5, 5.41) is 7.62. The molecule has 26 heavy (non-hydrogen) atoms. The zero-order chi connectivity index (χ0) is 18.7. The fourth-order valence-corrected chi connectivity index (χ4v) is 3.19. The number of hydrogen-bond donors (Lipinski definition) is 1. The molecule has 1 N–H and O–H groups in total. The number of amides is 2. The van der Waals surface area contributed by atoms with Crippen LogP contribution in [0.3, 0.4) is 0 Å². The smallest absolute Gasteiger partial charge is 0.229 e. The molecule has 0 bridgehead atoms. The van der Waals surface area contributed by atoms with Crippen LogP contribution in [0.2, 0.25) is 0 Å². The minimum Gasteiger partial charge on any atom is -0.354 e. The van der Waals surface area contributed by atoms with Crippen molar-refractivity contribution in [1.82, 2.24) is 19.7 Å². The Kier molecular flexibility index (Phi) is 5.44. The van der Waals surface area contributed by atoms with Crippen molar-refractivity contribution in [2.45, 2.75) is 52.1 Å². The van der Waals surface area contributed by atoms with Gasteiger partial charge in [-0.1, -0.05) is 6.92 Å². The maximum absolute atomic E-state index is 12.4. The first-order valence-corrected chi connectivity index (χ1v) is 9.29. The predicted molar refractivity (Wildman–Crippen MR) is 101 cm³/mol. The average molecular weight is 357 g/mol. The van der Waals surface area contributed by atoms with Gasteiger partial charge in [-0.05, 0) is 31.9 Å². The van der Waals surface area contributed by atoms with Crippen molar-refractivity contribution in [1.29, 1.82) is 0 Å². The number of nitrogens with one attached hydrogen (secondary N) is 1. The lowest BCUT2D eigenvalue weighted by Crippen LogP contribution is -2.39. The van der Waals surface area contributed by atoms with E-state index in [0.717, 1.165) is 23.6 Å². The Labute approximate surface area is 154 Å². The molecular formula is C19H27N5O2. The lowest BCUT2D eigenvalue weighted by atomic mass is 10.2. The number of hydrogen-bond acceptors (Lipinski definition) is 3. The first-order chi connectivity index (χ1) is 12.5. The molecule has 0 fully saturated rings. The van der Waals surface area contributed by atoms with E-state index in [1.54, 1.807) is 4.90 Å². The Morgan fingerprint density at radius 2 is 2.23 bits per heavy atom. The molecule has 0 aromatic carbocycles. The van der Waals surface area contributed by atoms with E-state index in [-0.39, 0.29) is 17.9 Å². The maximum atomic E-state index is 12.4. The molecule has 0 spiro atoms. The Morgan fingerprint density at radius 1 is 1.42 bits per heavy atom. The number of nitrogens with zero attached hydrogens (tertiary/aromatic N) is 4. The second-order valence-corrected chi connectivity index (χ2v) is 6.89. The van der Waals surface area contributed by atoms with E-state index in [1.165, 1.54) is 0 Å². The average Bonchev–Trinajstić information content (AvgIpc) is 3.22. The Balaban J connectivity index is 1.68. The van der Waals surface area contributed by atoms with Crippen molar-refractivity contribution in [3.8, 4) is 11.4 Å². The molecule has 0 radical (unpaired) electrons. The van der Waals surface area contributed by atoms with Crippen LogP contribution in [0.25, 0.3) is 11.4 Å². The summed E-state index contributed by atoms with van der Waals surface area (Å²) in [6.45, 7) is 5.17. The lowest BCUT2D eigenvalue weighted by molar-refractivity contribution is -0.122. The van der Waals surface area contributed by atoms with E-state index >= 15 is 0 Å². The van der Waals surface area contributed by atoms with Gasteiger partial charge in [-0.15, -0.1) is 0 Å². The highest BCUT2D eigenvalue weighted by atomic mass is 16.2. The summed E-state index contributed by atoms with van der Waals surface area (Å²) in [6, 6.07) is 6.14. The Morgan fingerprint density at radius 3 is 2.92 bits per heavy atom. The van der Waals surface area contributed by atoms with Crippen molar-refractivity contribution in [3.05, 3.63) is 24.4 Å². The van der Waals surface area contributed by atoms with Crippen LogP contribution in [0.15, 0.2) is 24.4 Å². The summed E-state index contributed by atoms with van der Waals surface area (Å²) in [7, 11) is 1.98. The number of fused-ring (bicyclic) bond motifs is 1. The first kappa shape index (κ1) is 18.2. The molecule has 1 aliphatic heterocycles. The van der Waals surface area contributed by atoms with Crippen molar-refractivity contribution >= 4 is 17.6 Å². The van der Waals surface area contributed by atoms with E-state index in [9.17, 15) is 9.59 Å². The zero-order valence-electron chi connectivity index (χ0n) is 15.7. The van der Waals surface area contributed by atoms with Crippen LogP contribution in [0.4, 0.5) is 5.82 Å². The van der Waals surface area contributed by atoms with Gasteiger partial charge in [-0.25, -0.2) is 4.68 Å². The number of aryl methyl sites for hydroxylation is 2. The molecule has 0 unspecified atom stereocenters. The summed E-state index contributed by atoms with van der Waals surface area (Å²) in [5.41, 5.74) is 1.88. The van der Waals surface area contributed by atoms with Gasteiger partial charge >= 0.3 is 0 Å². The Hall–Kier alpha value is -2.57. The minimum atomic E-state index is 0.0433. The molecule has 1 aliphatic rings. The highest BCUT2D eigenvalue weighted by Crippen LogP contribution is 2.28. The summed E-state index contributed by atoms with van der Waals surface area (Å²) in [6.07, 6.45) is 4.40. The van der Waals surface area contributed by atoms with Gasteiger partial charge in [0.15, 0.2) is 0 Å². The maximum Gasteiger partial charge on any atom is 0.229 e. The van der Waals surface area contributed by atoms with Crippen molar-refractivity contribution in [2.75, 3.05) is 11.4 Å². The fourth-order valence-electron chi connectivity index (χ4n) is 3.19. The number of carbonyl (C=O) groups excluding carboxylic acids is 2. The molecule has 0 saturated heterocycles. The molecule has 1 atom stereocenters. The third-order valence-electron chi connectivity index (χ3n) is 4.89. The number of carbonyl (C=O) groups is 2. The van der Waals surface area contributed by atoms with E-state index in [0.29, 0.717) is 32.4 Å². The van der Waals surface area contributed by atoms with Crippen molar-refractivity contribution in [3.63, 3.8) is 0 Å². The number of anilines is 1. The van der Waals surface area contributed by atoms with Gasteiger partial charge in [-0.2, -0.15) is 5.10 Å². The van der Waals surface area contributed by atoms with Gasteiger partial charge in [0.1, 0.15) is 11.5 Å². The van der Waals surface area contributed by atoms with Crippen LogP contribution in [-0.4, -0.2) is 38.7 Å². The summed E-state index contributed by atoms with van der Waals surface area (Å²) in [5.74, 6) is 0.958. The standard InChI is InChI=1S/C19H27N5O2/c1-4-14(2)20-17(25)8-6-11-23-18-13-15(16-7-5-10-22(16)3)21-24(18)12-9-19(23)26/h5,7,10,13-14H,4,6,8-9,11-12H2,1-3H3,(H,20,25)/t14-/m1/s1. The van der Waals surface area contributed by atoms with Gasteiger partial charge in [0.25, 0.3) is 0 Å². The molecule has 2 aromatic rings. The topological polar surface area (TPSA) is 72.2 Å². The predicted octanol–water partition coefficient (Wildman–Crippen LogP) is 2.32. The molecule has 2 aromatic heterocycles. The molecule has 7 nitrogen and oxygen atoms in total. The molecule has 2 amide bonds. The monoisotopic (exact) mass is 357 g/mol. The number of aromatic nitrogens is 3. The molecular weight excluding hydrogens is 330 g/mol. The molecule has 0 saturated carbocycles. The minimum absolute atomic E-state index is 0.0433. The van der Waals surface area contributed by atoms with E-state index in [1.807, 2.05) is 54.5 Å². The largest absolute Gasteiger partial charge is 0.354 e. The third-order valence-corrected chi connectivity index (χ3v) is 4.89. The Bertz CT molecular complexity index is 792. The van der Waals surface area contributed by atoms with Crippen LogP contribution < -0.4 is 10.2 Å². The van der Waals surface area contributed by atoms with Gasteiger partial charge < -0.3 is 9.88 Å². The second kappa shape index (κ2) is 7.76. The normalized spacial score (nSPS) is 15.0. The third kappa shape index (κ3) is 3.81. The quantitative estimate of drug-likeness (QED) is 0.826. The van der Waals surface area contributed by atoms with Gasteiger partial charge in [0.05, 0.1) is 12.2 Å². The SMILES string of the molecule is CC[C@@H](C)NC(=O)CCCN1C(=O)CCn2nc(-c3cccn3C)cc21. The summed E-state index contributed by atoms with van der Waals surface area (Å²) in [4.78, 5) is 26.1. The second-order valence-electron chi connectivity index (χ2n) is 6.89. The van der Waals surface area contributed by atoms with Crippen molar-refractivity contribution < 1.29 is 9.59 Å². The molecule has 3 rings (SSSR count). The first-order valence-electron chi connectivity index (χ1n) is 9.29. The summed E-state index contributed by atoms with van der Waals surface area (Å²) >= 11 is 0. The van der Waals surface area contributed by atoms with Crippen LogP contribution in [-0.2, 0) is 23.2 Å². The molecule has 140 valence electrons. The van der Waals surface area contributed by atoms with E-state index in [4.69, 9.17) is 0 Å². The van der Waals surface area contributed by atoms with Crippen LogP contribution in [0.1, 0.15) is 39.5 Å². The summed E-state index contributed by atoms with van der Waals surface area (Å²) < 4.78 is 3.91. The van der Waals surface area contributed by atoms with Crippen LogP contribution in [0, 0.1) is 0 Å². The van der Waals surface area contributed by atoms with E-state index < -0.39 is 0 Å². The van der Waals surface area contributed by atoms with Crippen LogP contribution in [0.5, 0.6) is 0 Å². The zero-order valence-corrected chi connectivity index (χ0v) is 15.7. The molecule has 7 heteroatoms. The lowest BCUT2D eigenvalue weighted by Gasteiger charge is -2.27. The van der Waals surface area contributed by atoms with Crippen LogP contribution >= 0.6 is 0 Å². The molecule has 3 heterocycles. The highest BCUT2D eigenvalue weighted by molar-refractivity contribution is 5.94. The van der Waals surface area contributed by atoms with E-state index in [2.05, 4.69) is 10.4 Å².